The van der Waals surface area contributed by atoms with Crippen molar-refractivity contribution in [3.05, 3.63) is 105 Å². The molecule has 3 aromatic carbocycles. The third-order valence-electron chi connectivity index (χ3n) is 6.15. The third-order valence-corrected chi connectivity index (χ3v) is 6.89. The summed E-state index contributed by atoms with van der Waals surface area (Å²) in [7, 11) is 0. The fraction of sp³-hybridized carbons (Fsp3) is 0.308. The van der Waals surface area contributed by atoms with Gasteiger partial charge in [-0.15, -0.1) is 0 Å². The van der Waals surface area contributed by atoms with Gasteiger partial charge in [-0.05, 0) is 46.9 Å². The fourth-order valence-electron chi connectivity index (χ4n) is 4.47. The van der Waals surface area contributed by atoms with Crippen LogP contribution in [0.4, 0.5) is 13.2 Å². The second-order valence-electron chi connectivity index (χ2n) is 8.55. The van der Waals surface area contributed by atoms with Gasteiger partial charge in [-0.2, -0.15) is 13.2 Å². The zero-order valence-corrected chi connectivity index (χ0v) is 19.5. The van der Waals surface area contributed by atoms with Gasteiger partial charge in [0.15, 0.2) is 0 Å². The number of benzene rings is 3. The molecule has 0 bridgehead atoms. The summed E-state index contributed by atoms with van der Waals surface area (Å²) in [5.74, 6) is 0.615. The van der Waals surface area contributed by atoms with E-state index < -0.39 is 11.7 Å². The summed E-state index contributed by atoms with van der Waals surface area (Å²) >= 11 is 12.4. The molecule has 1 saturated heterocycles. The average Bonchev–Trinajstić information content (AvgIpc) is 3.18. The maximum Gasteiger partial charge on any atom is 0.416 e. The first-order chi connectivity index (χ1) is 15.8. The molecule has 33 heavy (non-hydrogen) atoms. The quantitative estimate of drug-likeness (QED) is 0.381. The van der Waals surface area contributed by atoms with E-state index in [4.69, 9.17) is 23.2 Å². The first-order valence-electron chi connectivity index (χ1n) is 10.9. The number of hydrogen-bond donors (Lipinski definition) is 1. The molecule has 0 radical (unpaired) electrons. The Morgan fingerprint density at radius 2 is 1.58 bits per heavy atom. The second kappa shape index (κ2) is 10.5. The molecule has 3 aromatic rings. The van der Waals surface area contributed by atoms with E-state index in [-0.39, 0.29) is 5.92 Å². The van der Waals surface area contributed by atoms with Crippen LogP contribution in [-0.2, 0) is 19.3 Å². The van der Waals surface area contributed by atoms with Crippen LogP contribution in [0.2, 0.25) is 10.0 Å². The molecule has 2 unspecified atom stereocenters. The van der Waals surface area contributed by atoms with Crippen molar-refractivity contribution in [3.63, 3.8) is 0 Å². The molecule has 0 amide bonds. The Hall–Kier alpha value is -2.05. The zero-order chi connectivity index (χ0) is 23.4. The van der Waals surface area contributed by atoms with E-state index in [0.29, 0.717) is 22.5 Å². The molecular weight excluding hydrogens is 468 g/mol. The van der Waals surface area contributed by atoms with Gasteiger partial charge in [-0.3, -0.25) is 4.90 Å². The van der Waals surface area contributed by atoms with Crippen molar-refractivity contribution >= 4 is 23.2 Å². The molecule has 4 rings (SSSR count). The van der Waals surface area contributed by atoms with E-state index in [9.17, 15) is 13.2 Å². The zero-order valence-electron chi connectivity index (χ0n) is 18.0. The van der Waals surface area contributed by atoms with Crippen molar-refractivity contribution < 1.29 is 13.2 Å². The van der Waals surface area contributed by atoms with Crippen LogP contribution in [0.15, 0.2) is 72.8 Å². The molecule has 0 spiro atoms. The summed E-state index contributed by atoms with van der Waals surface area (Å²) in [5, 5.41) is 4.53. The lowest BCUT2D eigenvalue weighted by atomic mass is 9.89. The number of likely N-dealkylation sites (tertiary alicyclic amines) is 1. The summed E-state index contributed by atoms with van der Waals surface area (Å²) in [6.45, 7) is 3.95. The van der Waals surface area contributed by atoms with Gasteiger partial charge in [-0.25, -0.2) is 0 Å². The van der Waals surface area contributed by atoms with Crippen LogP contribution < -0.4 is 5.32 Å². The molecule has 7 heteroatoms. The SMILES string of the molecule is FC(F)(F)c1ccc(CNCC2CN(Cc3ccccc3)CC2c2ccc(Cl)c(Cl)c2)cc1. The van der Waals surface area contributed by atoms with Crippen molar-refractivity contribution in [2.45, 2.75) is 25.2 Å². The van der Waals surface area contributed by atoms with Crippen molar-refractivity contribution in [2.75, 3.05) is 19.6 Å². The summed E-state index contributed by atoms with van der Waals surface area (Å²) in [6, 6.07) is 21.5. The highest BCUT2D eigenvalue weighted by atomic mass is 35.5. The molecule has 2 nitrogen and oxygen atoms in total. The lowest BCUT2D eigenvalue weighted by molar-refractivity contribution is -0.137. The van der Waals surface area contributed by atoms with E-state index in [2.05, 4.69) is 22.3 Å². The van der Waals surface area contributed by atoms with Gasteiger partial charge in [0.25, 0.3) is 0 Å². The number of alkyl halides is 3. The highest BCUT2D eigenvalue weighted by molar-refractivity contribution is 6.42. The Morgan fingerprint density at radius 3 is 2.24 bits per heavy atom. The van der Waals surface area contributed by atoms with Gasteiger partial charge in [0.1, 0.15) is 0 Å². The minimum absolute atomic E-state index is 0.281. The van der Waals surface area contributed by atoms with Gasteiger partial charge in [0.05, 0.1) is 15.6 Å². The molecule has 1 heterocycles. The molecule has 1 aliphatic rings. The van der Waals surface area contributed by atoms with Crippen LogP contribution in [0.5, 0.6) is 0 Å². The van der Waals surface area contributed by atoms with E-state index in [1.807, 2.05) is 36.4 Å². The fourth-order valence-corrected chi connectivity index (χ4v) is 4.78. The Morgan fingerprint density at radius 1 is 0.848 bits per heavy atom. The van der Waals surface area contributed by atoms with Crippen LogP contribution in [0.3, 0.4) is 0 Å². The topological polar surface area (TPSA) is 15.3 Å². The molecule has 2 atom stereocenters. The summed E-state index contributed by atoms with van der Waals surface area (Å²) in [5.41, 5.74) is 2.62. The van der Waals surface area contributed by atoms with E-state index in [1.54, 1.807) is 0 Å². The number of nitrogens with zero attached hydrogens (tertiary/aromatic N) is 1. The number of rotatable bonds is 7. The van der Waals surface area contributed by atoms with Gasteiger partial charge in [0.2, 0.25) is 0 Å². The summed E-state index contributed by atoms with van der Waals surface area (Å²) < 4.78 is 38.4. The highest BCUT2D eigenvalue weighted by Gasteiger charge is 2.34. The monoisotopic (exact) mass is 492 g/mol. The van der Waals surface area contributed by atoms with Crippen LogP contribution in [-0.4, -0.2) is 24.5 Å². The molecule has 1 fully saturated rings. The van der Waals surface area contributed by atoms with Crippen LogP contribution >= 0.6 is 23.2 Å². The number of hydrogen-bond acceptors (Lipinski definition) is 2. The van der Waals surface area contributed by atoms with Crippen molar-refractivity contribution in [1.29, 1.82) is 0 Å². The predicted octanol–water partition coefficient (Wildman–Crippen LogP) is 7.02. The van der Waals surface area contributed by atoms with Crippen molar-refractivity contribution in [3.8, 4) is 0 Å². The van der Waals surface area contributed by atoms with Gasteiger partial charge < -0.3 is 5.32 Å². The largest absolute Gasteiger partial charge is 0.416 e. The molecule has 0 saturated carbocycles. The normalized spacial score (nSPS) is 19.2. The van der Waals surface area contributed by atoms with E-state index in [1.165, 1.54) is 17.7 Å². The molecule has 174 valence electrons. The Kier molecular flexibility index (Phi) is 7.65. The van der Waals surface area contributed by atoms with Crippen molar-refractivity contribution in [1.82, 2.24) is 10.2 Å². The molecule has 0 aliphatic carbocycles. The first-order valence-corrected chi connectivity index (χ1v) is 11.6. The van der Waals surface area contributed by atoms with Gasteiger partial charge in [0, 0.05) is 38.6 Å². The minimum atomic E-state index is -4.31. The Balaban J connectivity index is 1.43. The third kappa shape index (κ3) is 6.30. The second-order valence-corrected chi connectivity index (χ2v) is 9.36. The molecule has 1 aliphatic heterocycles. The van der Waals surface area contributed by atoms with Crippen LogP contribution in [0.25, 0.3) is 0 Å². The molecular formula is C26H25Cl2F3N2. The maximum atomic E-state index is 12.8. The number of halogens is 5. The van der Waals surface area contributed by atoms with Crippen LogP contribution in [0.1, 0.15) is 28.2 Å². The first kappa shape index (κ1) is 24.1. The smallest absolute Gasteiger partial charge is 0.312 e. The molecule has 0 aromatic heterocycles. The predicted molar refractivity (Wildman–Crippen MR) is 128 cm³/mol. The van der Waals surface area contributed by atoms with Crippen molar-refractivity contribution in [2.24, 2.45) is 5.92 Å². The lowest BCUT2D eigenvalue weighted by Crippen LogP contribution is -2.27. The lowest BCUT2D eigenvalue weighted by Gasteiger charge is -2.20. The highest BCUT2D eigenvalue weighted by Crippen LogP contribution is 2.36. The maximum absolute atomic E-state index is 12.8. The van der Waals surface area contributed by atoms with E-state index in [0.717, 1.165) is 49.4 Å². The standard InChI is InChI=1S/C26H25Cl2F3N2/c27-24-11-8-20(12-25(24)28)23-17-33(15-19-4-2-1-3-5-19)16-21(23)14-32-13-18-6-9-22(10-7-18)26(29,30)31/h1-12,21,23,32H,13-17H2. The van der Waals surface area contributed by atoms with Gasteiger partial charge in [-0.1, -0.05) is 71.7 Å². The molecule has 1 N–H and O–H groups in total. The summed E-state index contributed by atoms with van der Waals surface area (Å²) in [4.78, 5) is 2.44. The van der Waals surface area contributed by atoms with E-state index >= 15 is 0 Å². The van der Waals surface area contributed by atoms with Crippen LogP contribution in [0, 0.1) is 5.92 Å². The van der Waals surface area contributed by atoms with Gasteiger partial charge >= 0.3 is 6.18 Å². The average molecular weight is 493 g/mol. The Bertz CT molecular complexity index is 1060. The number of nitrogens with one attached hydrogen (secondary N) is 1. The minimum Gasteiger partial charge on any atom is -0.312 e. The Labute approximate surface area is 202 Å². The summed E-state index contributed by atoms with van der Waals surface area (Å²) in [6.07, 6.45) is -4.31.